The maximum atomic E-state index is 13.6. The zero-order valence-corrected chi connectivity index (χ0v) is 9.65. The minimum absolute atomic E-state index is 0.383. The van der Waals surface area contributed by atoms with E-state index in [1.807, 2.05) is 0 Å². The fourth-order valence-corrected chi connectivity index (χ4v) is 2.35. The first-order chi connectivity index (χ1) is 6.03. The van der Waals surface area contributed by atoms with Gasteiger partial charge < -0.3 is 14.2 Å². The highest BCUT2D eigenvalue weighted by Crippen LogP contribution is 2.39. The molecule has 0 aliphatic carbocycles. The van der Waals surface area contributed by atoms with Gasteiger partial charge in [-0.1, -0.05) is 22.6 Å². The molecule has 0 aromatic heterocycles. The Morgan fingerprint density at radius 2 is 2.08 bits per heavy atom. The highest BCUT2D eigenvalue weighted by Gasteiger charge is 2.54. The maximum Gasteiger partial charge on any atom is 0.190 e. The van der Waals surface area contributed by atoms with Crippen molar-refractivity contribution in [3.05, 3.63) is 0 Å². The Morgan fingerprint density at radius 1 is 1.38 bits per heavy atom. The van der Waals surface area contributed by atoms with Gasteiger partial charge in [0, 0.05) is 4.43 Å². The van der Waals surface area contributed by atoms with E-state index in [9.17, 15) is 4.39 Å². The van der Waals surface area contributed by atoms with Crippen LogP contribution in [0.3, 0.4) is 0 Å². The summed E-state index contributed by atoms with van der Waals surface area (Å²) in [6.45, 7) is 3.53. The molecule has 0 amide bonds. The predicted octanol–water partition coefficient (Wildman–Crippen LogP) is 1.64. The summed E-state index contributed by atoms with van der Waals surface area (Å²) in [5.41, 5.74) is 0. The van der Waals surface area contributed by atoms with Gasteiger partial charge in [0.15, 0.2) is 18.2 Å². The van der Waals surface area contributed by atoms with Crippen molar-refractivity contribution < 1.29 is 18.6 Å². The van der Waals surface area contributed by atoms with Crippen LogP contribution in [-0.4, -0.2) is 34.9 Å². The van der Waals surface area contributed by atoms with E-state index in [-0.39, 0.29) is 6.10 Å². The summed E-state index contributed by atoms with van der Waals surface area (Å²) in [4.78, 5) is 0. The van der Waals surface area contributed by atoms with Gasteiger partial charge in [-0.2, -0.15) is 0 Å². The predicted molar refractivity (Wildman–Crippen MR) is 52.5 cm³/mol. The van der Waals surface area contributed by atoms with Gasteiger partial charge >= 0.3 is 0 Å². The summed E-state index contributed by atoms with van der Waals surface area (Å²) >= 11 is 2.10. The van der Waals surface area contributed by atoms with Gasteiger partial charge in [0.25, 0.3) is 0 Å². The van der Waals surface area contributed by atoms with Crippen molar-refractivity contribution in [2.75, 3.05) is 4.43 Å². The van der Waals surface area contributed by atoms with Crippen molar-refractivity contribution in [1.29, 1.82) is 0 Å². The highest BCUT2D eigenvalue weighted by molar-refractivity contribution is 14.1. The summed E-state index contributed by atoms with van der Waals surface area (Å²) in [5, 5.41) is 0. The Hall–Kier alpha value is 0.540. The van der Waals surface area contributed by atoms with E-state index < -0.39 is 24.4 Å². The first-order valence-electron chi connectivity index (χ1n) is 4.24. The van der Waals surface area contributed by atoms with E-state index in [1.54, 1.807) is 13.8 Å². The third kappa shape index (κ3) is 1.71. The molecular weight excluding hydrogens is 290 g/mol. The van der Waals surface area contributed by atoms with Gasteiger partial charge in [-0.05, 0) is 13.8 Å². The lowest BCUT2D eigenvalue weighted by Crippen LogP contribution is -2.32. The van der Waals surface area contributed by atoms with Crippen molar-refractivity contribution in [3.8, 4) is 0 Å². The van der Waals surface area contributed by atoms with Crippen molar-refractivity contribution in [2.45, 2.75) is 44.3 Å². The zero-order valence-electron chi connectivity index (χ0n) is 7.50. The quantitative estimate of drug-likeness (QED) is 0.544. The fourth-order valence-electron chi connectivity index (χ4n) is 1.66. The Morgan fingerprint density at radius 3 is 2.62 bits per heavy atom. The van der Waals surface area contributed by atoms with Gasteiger partial charge in [0.1, 0.15) is 12.2 Å². The summed E-state index contributed by atoms with van der Waals surface area (Å²) in [6.07, 6.45) is -2.52. The van der Waals surface area contributed by atoms with E-state index in [4.69, 9.17) is 14.2 Å². The van der Waals surface area contributed by atoms with Gasteiger partial charge in [0.05, 0.1) is 0 Å². The molecule has 2 heterocycles. The van der Waals surface area contributed by atoms with Crippen LogP contribution in [0.5, 0.6) is 0 Å². The number of halogens is 2. The molecule has 0 unspecified atom stereocenters. The molecule has 0 bridgehead atoms. The van der Waals surface area contributed by atoms with Crippen LogP contribution in [0.25, 0.3) is 0 Å². The molecule has 0 radical (unpaired) electrons. The lowest BCUT2D eigenvalue weighted by atomic mass is 10.2. The second-order valence-corrected chi connectivity index (χ2v) is 4.62. The van der Waals surface area contributed by atoms with Crippen molar-refractivity contribution in [2.24, 2.45) is 0 Å². The smallest absolute Gasteiger partial charge is 0.190 e. The summed E-state index contributed by atoms with van der Waals surface area (Å²) < 4.78 is 30.3. The summed E-state index contributed by atoms with van der Waals surface area (Å²) in [5.74, 6) is -0.712. The molecule has 0 N–H and O–H groups in total. The van der Waals surface area contributed by atoms with Crippen LogP contribution in [-0.2, 0) is 14.2 Å². The molecule has 0 aromatic carbocycles. The lowest BCUT2D eigenvalue weighted by Gasteiger charge is -2.20. The maximum absolute atomic E-state index is 13.6. The number of alkyl halides is 2. The Balaban J connectivity index is 2.07. The average Bonchev–Trinajstić information content (AvgIpc) is 2.47. The van der Waals surface area contributed by atoms with Crippen LogP contribution in [0.4, 0.5) is 4.39 Å². The van der Waals surface area contributed by atoms with Gasteiger partial charge in [0.2, 0.25) is 0 Å². The molecule has 4 atom stereocenters. The molecule has 2 fully saturated rings. The van der Waals surface area contributed by atoms with Crippen LogP contribution >= 0.6 is 22.6 Å². The molecule has 2 rings (SSSR count). The normalized spacial score (nSPS) is 48.0. The van der Waals surface area contributed by atoms with E-state index in [2.05, 4.69) is 22.6 Å². The molecule has 3 nitrogen and oxygen atoms in total. The van der Waals surface area contributed by atoms with Crippen LogP contribution in [0.2, 0.25) is 0 Å². The molecule has 76 valence electrons. The number of hydrogen-bond acceptors (Lipinski definition) is 3. The Kier molecular flexibility index (Phi) is 2.55. The molecule has 13 heavy (non-hydrogen) atoms. The minimum Gasteiger partial charge on any atom is -0.343 e. The zero-order chi connectivity index (χ0) is 9.64. The van der Waals surface area contributed by atoms with E-state index in [1.165, 1.54) is 0 Å². The Labute approximate surface area is 90.1 Å². The standard InChI is InChI=1S/C8H12FIO3/c1-8(2)12-6-5(9)4(3-10)11-7(6)13-8/h4-7H,3H2,1-2H3/t4-,5+,6-,7-/m1/s1. The fraction of sp³-hybridized carbons (Fsp3) is 1.00. The first kappa shape index (κ1) is 10.1. The molecule has 0 aromatic rings. The van der Waals surface area contributed by atoms with Crippen molar-refractivity contribution in [1.82, 2.24) is 0 Å². The third-order valence-corrected chi connectivity index (χ3v) is 3.09. The first-order valence-corrected chi connectivity index (χ1v) is 5.77. The van der Waals surface area contributed by atoms with Crippen LogP contribution < -0.4 is 0 Å². The van der Waals surface area contributed by atoms with Crippen LogP contribution in [0, 0.1) is 0 Å². The molecule has 2 aliphatic heterocycles. The number of ether oxygens (including phenoxy) is 3. The number of rotatable bonds is 1. The van der Waals surface area contributed by atoms with Gasteiger partial charge in [-0.25, -0.2) is 4.39 Å². The van der Waals surface area contributed by atoms with Crippen molar-refractivity contribution >= 4 is 22.6 Å². The molecule has 2 aliphatic rings. The molecular formula is C8H12FIO3. The molecule has 0 saturated carbocycles. The SMILES string of the molecule is CC1(C)O[C@H]2O[C@H](CI)[C@H](F)[C@H]2O1. The second kappa shape index (κ2) is 3.29. The molecule has 2 saturated heterocycles. The summed E-state index contributed by atoms with van der Waals surface area (Å²) in [7, 11) is 0. The summed E-state index contributed by atoms with van der Waals surface area (Å²) in [6, 6.07) is 0. The largest absolute Gasteiger partial charge is 0.343 e. The van der Waals surface area contributed by atoms with E-state index in [0.717, 1.165) is 0 Å². The highest BCUT2D eigenvalue weighted by atomic mass is 127. The molecule has 0 spiro atoms. The Bertz CT molecular complexity index is 212. The lowest BCUT2D eigenvalue weighted by molar-refractivity contribution is -0.207. The number of hydrogen-bond donors (Lipinski definition) is 0. The topological polar surface area (TPSA) is 27.7 Å². The third-order valence-electron chi connectivity index (χ3n) is 2.22. The van der Waals surface area contributed by atoms with E-state index >= 15 is 0 Å². The molecule has 5 heteroatoms. The van der Waals surface area contributed by atoms with Gasteiger partial charge in [-0.15, -0.1) is 0 Å². The second-order valence-electron chi connectivity index (χ2n) is 3.74. The van der Waals surface area contributed by atoms with Crippen LogP contribution in [0.15, 0.2) is 0 Å². The van der Waals surface area contributed by atoms with Crippen LogP contribution in [0.1, 0.15) is 13.8 Å². The van der Waals surface area contributed by atoms with E-state index in [0.29, 0.717) is 4.43 Å². The monoisotopic (exact) mass is 302 g/mol. The van der Waals surface area contributed by atoms with Crippen molar-refractivity contribution in [3.63, 3.8) is 0 Å². The minimum atomic E-state index is -1.07. The number of fused-ring (bicyclic) bond motifs is 1. The average molecular weight is 302 g/mol. The van der Waals surface area contributed by atoms with Gasteiger partial charge in [-0.3, -0.25) is 0 Å².